The highest BCUT2D eigenvalue weighted by Crippen LogP contribution is 2.20. The van der Waals surface area contributed by atoms with Crippen LogP contribution in [0.15, 0.2) is 52.3 Å². The molecule has 1 N–H and O–H groups in total. The fourth-order valence-corrected chi connectivity index (χ4v) is 2.61. The number of nitrogens with zero attached hydrogens (tertiary/aromatic N) is 2. The minimum atomic E-state index is -0.370. The number of carbonyl (C=O) groups is 1. The van der Waals surface area contributed by atoms with E-state index in [1.165, 1.54) is 0 Å². The molecule has 3 rings (SSSR count). The van der Waals surface area contributed by atoms with Gasteiger partial charge in [0.2, 0.25) is 5.89 Å². The van der Waals surface area contributed by atoms with Crippen LogP contribution in [0.25, 0.3) is 11.5 Å². The Bertz CT molecular complexity index is 722. The molecule has 0 radical (unpaired) electrons. The zero-order valence-electron chi connectivity index (χ0n) is 11.3. The highest BCUT2D eigenvalue weighted by molar-refractivity contribution is 7.10. The van der Waals surface area contributed by atoms with Crippen molar-refractivity contribution in [2.45, 2.75) is 13.0 Å². The number of rotatable bonds is 4. The predicted molar refractivity (Wildman–Crippen MR) is 79.9 cm³/mol. The van der Waals surface area contributed by atoms with Crippen molar-refractivity contribution in [2.24, 2.45) is 0 Å². The van der Waals surface area contributed by atoms with Crippen LogP contribution < -0.4 is 5.32 Å². The lowest BCUT2D eigenvalue weighted by molar-refractivity contribution is 0.0906. The topological polar surface area (TPSA) is 68.0 Å². The SMILES string of the molecule is C[C@H](NC(=O)c1nnc(-c2ccccc2)o1)c1cccs1. The molecule has 2 aromatic heterocycles. The molecule has 0 saturated heterocycles. The van der Waals surface area contributed by atoms with Crippen LogP contribution in [0.5, 0.6) is 0 Å². The van der Waals surface area contributed by atoms with Crippen molar-refractivity contribution in [1.82, 2.24) is 15.5 Å². The first-order chi connectivity index (χ1) is 10.2. The molecule has 5 nitrogen and oxygen atoms in total. The second-order valence-corrected chi connectivity index (χ2v) is 5.47. The van der Waals surface area contributed by atoms with E-state index >= 15 is 0 Å². The summed E-state index contributed by atoms with van der Waals surface area (Å²) >= 11 is 1.59. The molecule has 0 aliphatic carbocycles. The van der Waals surface area contributed by atoms with Gasteiger partial charge in [-0.15, -0.1) is 21.5 Å². The molecule has 1 atom stereocenters. The average molecular weight is 299 g/mol. The Morgan fingerprint density at radius 2 is 2.00 bits per heavy atom. The summed E-state index contributed by atoms with van der Waals surface area (Å²) in [6.07, 6.45) is 0. The van der Waals surface area contributed by atoms with E-state index in [2.05, 4.69) is 15.5 Å². The lowest BCUT2D eigenvalue weighted by Gasteiger charge is -2.09. The van der Waals surface area contributed by atoms with Crippen LogP contribution in [-0.2, 0) is 0 Å². The molecular weight excluding hydrogens is 286 g/mol. The van der Waals surface area contributed by atoms with Gasteiger partial charge in [-0.1, -0.05) is 24.3 Å². The van der Waals surface area contributed by atoms with E-state index in [1.807, 2.05) is 54.8 Å². The summed E-state index contributed by atoms with van der Waals surface area (Å²) in [7, 11) is 0. The Hall–Kier alpha value is -2.47. The zero-order chi connectivity index (χ0) is 14.7. The Balaban J connectivity index is 1.73. The van der Waals surface area contributed by atoms with Crippen molar-refractivity contribution in [3.63, 3.8) is 0 Å². The van der Waals surface area contributed by atoms with Gasteiger partial charge in [-0.05, 0) is 30.5 Å². The first kappa shape index (κ1) is 13.5. The van der Waals surface area contributed by atoms with Crippen LogP contribution in [0.2, 0.25) is 0 Å². The number of aromatic nitrogens is 2. The van der Waals surface area contributed by atoms with Gasteiger partial charge >= 0.3 is 11.8 Å². The maximum absolute atomic E-state index is 12.1. The van der Waals surface area contributed by atoms with E-state index in [0.717, 1.165) is 10.4 Å². The van der Waals surface area contributed by atoms with Crippen LogP contribution in [0, 0.1) is 0 Å². The molecule has 21 heavy (non-hydrogen) atoms. The third-order valence-electron chi connectivity index (χ3n) is 2.96. The van der Waals surface area contributed by atoms with E-state index in [-0.39, 0.29) is 17.8 Å². The van der Waals surface area contributed by atoms with Crippen molar-refractivity contribution in [3.8, 4) is 11.5 Å². The Morgan fingerprint density at radius 3 is 2.71 bits per heavy atom. The molecule has 1 aromatic carbocycles. The smallest absolute Gasteiger partial charge is 0.309 e. The second kappa shape index (κ2) is 5.88. The molecule has 0 saturated carbocycles. The third-order valence-corrected chi connectivity index (χ3v) is 4.01. The molecule has 2 heterocycles. The van der Waals surface area contributed by atoms with Crippen LogP contribution in [0.1, 0.15) is 28.5 Å². The summed E-state index contributed by atoms with van der Waals surface area (Å²) < 4.78 is 5.42. The minimum Gasteiger partial charge on any atom is -0.412 e. The van der Waals surface area contributed by atoms with Gasteiger partial charge in [-0.3, -0.25) is 4.79 Å². The van der Waals surface area contributed by atoms with Gasteiger partial charge in [-0.2, -0.15) is 0 Å². The molecule has 0 spiro atoms. The van der Waals surface area contributed by atoms with E-state index in [0.29, 0.717) is 5.89 Å². The first-order valence-corrected chi connectivity index (χ1v) is 7.35. The quantitative estimate of drug-likeness (QED) is 0.802. The van der Waals surface area contributed by atoms with Gasteiger partial charge in [0.25, 0.3) is 0 Å². The molecule has 6 heteroatoms. The predicted octanol–water partition coefficient (Wildman–Crippen LogP) is 3.29. The van der Waals surface area contributed by atoms with Crippen LogP contribution in [0.3, 0.4) is 0 Å². The standard InChI is InChI=1S/C15H13N3O2S/c1-10(12-8-5-9-21-12)16-13(19)15-18-17-14(20-15)11-6-3-2-4-7-11/h2-10H,1H3,(H,16,19)/t10-/m0/s1. The van der Waals surface area contributed by atoms with E-state index in [4.69, 9.17) is 4.42 Å². The number of carbonyl (C=O) groups excluding carboxylic acids is 1. The zero-order valence-corrected chi connectivity index (χ0v) is 12.1. The molecular formula is C15H13N3O2S. The lowest BCUT2D eigenvalue weighted by Crippen LogP contribution is -2.26. The molecule has 3 aromatic rings. The summed E-state index contributed by atoms with van der Waals surface area (Å²) in [4.78, 5) is 13.2. The van der Waals surface area contributed by atoms with Gasteiger partial charge in [0, 0.05) is 10.4 Å². The van der Waals surface area contributed by atoms with E-state index < -0.39 is 0 Å². The Labute approximate surface area is 125 Å². The maximum Gasteiger partial charge on any atom is 0.309 e. The van der Waals surface area contributed by atoms with E-state index in [1.54, 1.807) is 11.3 Å². The van der Waals surface area contributed by atoms with E-state index in [9.17, 15) is 4.79 Å². The number of amides is 1. The third kappa shape index (κ3) is 3.00. The highest BCUT2D eigenvalue weighted by atomic mass is 32.1. The number of benzene rings is 1. The van der Waals surface area contributed by atoms with Crippen molar-refractivity contribution in [2.75, 3.05) is 0 Å². The molecule has 0 unspecified atom stereocenters. The minimum absolute atomic E-state index is 0.0303. The molecule has 0 aliphatic heterocycles. The number of nitrogens with one attached hydrogen (secondary N) is 1. The maximum atomic E-state index is 12.1. The van der Waals surface area contributed by atoms with Crippen molar-refractivity contribution in [3.05, 3.63) is 58.6 Å². The monoisotopic (exact) mass is 299 g/mol. The molecule has 1 amide bonds. The second-order valence-electron chi connectivity index (χ2n) is 4.49. The molecule has 0 fully saturated rings. The molecule has 0 bridgehead atoms. The van der Waals surface area contributed by atoms with Gasteiger partial charge in [0.15, 0.2) is 0 Å². The van der Waals surface area contributed by atoms with Crippen molar-refractivity contribution < 1.29 is 9.21 Å². The Kier molecular flexibility index (Phi) is 3.79. The normalized spacial score (nSPS) is 12.0. The fraction of sp³-hybridized carbons (Fsp3) is 0.133. The van der Waals surface area contributed by atoms with Crippen LogP contribution >= 0.6 is 11.3 Å². The highest BCUT2D eigenvalue weighted by Gasteiger charge is 2.18. The van der Waals surface area contributed by atoms with Crippen LogP contribution in [-0.4, -0.2) is 16.1 Å². The van der Waals surface area contributed by atoms with Gasteiger partial charge in [0.05, 0.1) is 6.04 Å². The summed E-state index contributed by atoms with van der Waals surface area (Å²) in [5, 5.41) is 12.5. The number of hydrogen-bond donors (Lipinski definition) is 1. The largest absolute Gasteiger partial charge is 0.412 e. The van der Waals surface area contributed by atoms with Gasteiger partial charge < -0.3 is 9.73 Å². The summed E-state index contributed by atoms with van der Waals surface area (Å²) in [6.45, 7) is 1.91. The van der Waals surface area contributed by atoms with Gasteiger partial charge in [-0.25, -0.2) is 0 Å². The fourth-order valence-electron chi connectivity index (χ4n) is 1.88. The first-order valence-electron chi connectivity index (χ1n) is 6.47. The Morgan fingerprint density at radius 1 is 1.19 bits per heavy atom. The molecule has 0 aliphatic rings. The summed E-state index contributed by atoms with van der Waals surface area (Å²) in [5.41, 5.74) is 0.787. The van der Waals surface area contributed by atoms with Crippen LogP contribution in [0.4, 0.5) is 0 Å². The van der Waals surface area contributed by atoms with Crippen molar-refractivity contribution >= 4 is 17.2 Å². The van der Waals surface area contributed by atoms with Crippen molar-refractivity contribution in [1.29, 1.82) is 0 Å². The summed E-state index contributed by atoms with van der Waals surface area (Å²) in [6, 6.07) is 13.2. The average Bonchev–Trinajstić information content (AvgIpc) is 3.20. The number of hydrogen-bond acceptors (Lipinski definition) is 5. The number of thiophene rings is 1. The van der Waals surface area contributed by atoms with Gasteiger partial charge in [0.1, 0.15) is 0 Å². The lowest BCUT2D eigenvalue weighted by atomic mass is 10.2. The summed E-state index contributed by atoms with van der Waals surface area (Å²) in [5.74, 6) is -0.0626. The molecule has 106 valence electrons.